The van der Waals surface area contributed by atoms with Gasteiger partial charge in [0.15, 0.2) is 0 Å². The van der Waals surface area contributed by atoms with E-state index in [1.54, 1.807) is 0 Å². The van der Waals surface area contributed by atoms with Gasteiger partial charge in [0.2, 0.25) is 0 Å². The molecule has 0 amide bonds. The molecule has 0 saturated carbocycles. The minimum Gasteiger partial charge on any atom is -0.395 e. The fourth-order valence-electron chi connectivity index (χ4n) is 1.70. The predicted octanol–water partition coefficient (Wildman–Crippen LogP) is 1.80. The zero-order valence-electron chi connectivity index (χ0n) is 8.23. The van der Waals surface area contributed by atoms with Gasteiger partial charge in [0, 0.05) is 22.7 Å². The summed E-state index contributed by atoms with van der Waals surface area (Å²) in [7, 11) is 0. The van der Waals surface area contributed by atoms with Crippen LogP contribution in [0.25, 0.3) is 0 Å². The lowest BCUT2D eigenvalue weighted by atomic mass is 10.1. The summed E-state index contributed by atoms with van der Waals surface area (Å²) >= 11 is 1.88. The van der Waals surface area contributed by atoms with Crippen molar-refractivity contribution in [1.29, 1.82) is 0 Å². The summed E-state index contributed by atoms with van der Waals surface area (Å²) in [5, 5.41) is 12.4. The third kappa shape index (κ3) is 1.95. The van der Waals surface area contributed by atoms with Gasteiger partial charge in [-0.25, -0.2) is 0 Å². The molecule has 0 fully saturated rings. The summed E-state index contributed by atoms with van der Waals surface area (Å²) in [6.07, 6.45) is 0. The maximum atomic E-state index is 8.97. The van der Waals surface area contributed by atoms with Gasteiger partial charge in [-0.3, -0.25) is 0 Å². The van der Waals surface area contributed by atoms with Gasteiger partial charge in [-0.15, -0.1) is 11.8 Å². The first kappa shape index (κ1) is 10.0. The highest BCUT2D eigenvalue weighted by Gasteiger charge is 2.23. The van der Waals surface area contributed by atoms with Crippen LogP contribution in [-0.2, 0) is 0 Å². The fraction of sp³-hybridized carbons (Fsp3) is 0.455. The molecule has 1 unspecified atom stereocenters. The molecule has 1 aromatic rings. The summed E-state index contributed by atoms with van der Waals surface area (Å²) in [6.45, 7) is 2.20. The molecule has 0 spiro atoms. The van der Waals surface area contributed by atoms with E-state index in [-0.39, 0.29) is 12.6 Å². The quantitative estimate of drug-likeness (QED) is 0.796. The Morgan fingerprint density at radius 3 is 3.14 bits per heavy atom. The summed E-state index contributed by atoms with van der Waals surface area (Å²) in [5.74, 6) is 1.07. The number of hydrogen-bond acceptors (Lipinski definition) is 3. The molecule has 2 atom stereocenters. The molecule has 1 aliphatic heterocycles. The molecule has 2 N–H and O–H groups in total. The van der Waals surface area contributed by atoms with Gasteiger partial charge >= 0.3 is 0 Å². The van der Waals surface area contributed by atoms with Crippen LogP contribution in [0.15, 0.2) is 29.2 Å². The average Bonchev–Trinajstić information content (AvgIpc) is 2.62. The van der Waals surface area contributed by atoms with Crippen LogP contribution in [-0.4, -0.2) is 23.5 Å². The zero-order valence-corrected chi connectivity index (χ0v) is 9.05. The van der Waals surface area contributed by atoms with Crippen LogP contribution >= 0.6 is 11.8 Å². The van der Waals surface area contributed by atoms with E-state index in [0.717, 1.165) is 5.75 Å². The van der Waals surface area contributed by atoms with Crippen molar-refractivity contribution in [2.75, 3.05) is 12.4 Å². The lowest BCUT2D eigenvalue weighted by Gasteiger charge is -2.17. The number of aliphatic hydroxyl groups is 1. The zero-order chi connectivity index (χ0) is 9.97. The van der Waals surface area contributed by atoms with Crippen LogP contribution in [0, 0.1) is 0 Å². The van der Waals surface area contributed by atoms with E-state index >= 15 is 0 Å². The van der Waals surface area contributed by atoms with E-state index in [0.29, 0.717) is 6.04 Å². The van der Waals surface area contributed by atoms with Crippen LogP contribution in [0.2, 0.25) is 0 Å². The Bertz CT molecular complexity index is 316. The third-order valence-electron chi connectivity index (χ3n) is 2.46. The first-order valence-corrected chi connectivity index (χ1v) is 5.88. The second-order valence-corrected chi connectivity index (χ2v) is 4.71. The second-order valence-electron chi connectivity index (χ2n) is 3.65. The Morgan fingerprint density at radius 2 is 2.36 bits per heavy atom. The molecule has 0 aliphatic carbocycles. The van der Waals surface area contributed by atoms with Crippen molar-refractivity contribution in [3.05, 3.63) is 29.8 Å². The van der Waals surface area contributed by atoms with Crippen LogP contribution < -0.4 is 5.32 Å². The Morgan fingerprint density at radius 1 is 1.57 bits per heavy atom. The van der Waals surface area contributed by atoms with Crippen molar-refractivity contribution < 1.29 is 5.11 Å². The van der Waals surface area contributed by atoms with Gasteiger partial charge in [-0.2, -0.15) is 0 Å². The van der Waals surface area contributed by atoms with E-state index in [9.17, 15) is 0 Å². The molecule has 2 nitrogen and oxygen atoms in total. The molecule has 0 aromatic heterocycles. The van der Waals surface area contributed by atoms with Crippen LogP contribution in [0.1, 0.15) is 18.5 Å². The van der Waals surface area contributed by atoms with Crippen LogP contribution in [0.4, 0.5) is 0 Å². The fourth-order valence-corrected chi connectivity index (χ4v) is 2.87. The Balaban J connectivity index is 2.10. The maximum Gasteiger partial charge on any atom is 0.0582 e. The van der Waals surface area contributed by atoms with Gasteiger partial charge in [0.25, 0.3) is 0 Å². The number of thioether (sulfide) groups is 1. The molecule has 76 valence electrons. The molecule has 1 aliphatic rings. The predicted molar refractivity (Wildman–Crippen MR) is 59.6 cm³/mol. The van der Waals surface area contributed by atoms with E-state index in [1.165, 1.54) is 10.5 Å². The van der Waals surface area contributed by atoms with Crippen molar-refractivity contribution >= 4 is 11.8 Å². The van der Waals surface area contributed by atoms with E-state index < -0.39 is 0 Å². The number of rotatable bonds is 3. The highest BCUT2D eigenvalue weighted by atomic mass is 32.2. The summed E-state index contributed by atoms with van der Waals surface area (Å²) in [4.78, 5) is 1.37. The molecule has 0 bridgehead atoms. The lowest BCUT2D eigenvalue weighted by molar-refractivity contribution is 0.244. The van der Waals surface area contributed by atoms with Gasteiger partial charge in [-0.1, -0.05) is 18.2 Å². The number of fused-ring (bicyclic) bond motifs is 1. The molecule has 3 heteroatoms. The number of nitrogens with one attached hydrogen (secondary N) is 1. The molecule has 0 saturated heterocycles. The topological polar surface area (TPSA) is 32.3 Å². The molecule has 1 heterocycles. The van der Waals surface area contributed by atoms with Crippen molar-refractivity contribution in [2.45, 2.75) is 23.9 Å². The SMILES string of the molecule is C[C@@H](CO)NC1CSc2ccccc21. The summed E-state index contributed by atoms with van der Waals surface area (Å²) in [5.41, 5.74) is 1.37. The standard InChI is InChI=1S/C11H15NOS/c1-8(6-13)12-10-7-14-11-5-3-2-4-9(10)11/h2-5,8,10,12-13H,6-7H2,1H3/t8-,10?/m0/s1. The van der Waals surface area contributed by atoms with Gasteiger partial charge in [0.1, 0.15) is 0 Å². The average molecular weight is 209 g/mol. The maximum absolute atomic E-state index is 8.97. The van der Waals surface area contributed by atoms with E-state index in [4.69, 9.17) is 5.11 Å². The summed E-state index contributed by atoms with van der Waals surface area (Å²) < 4.78 is 0. The van der Waals surface area contributed by atoms with Gasteiger partial charge in [-0.05, 0) is 18.6 Å². The third-order valence-corrected chi connectivity index (χ3v) is 3.64. The molecule has 0 radical (unpaired) electrons. The number of aliphatic hydroxyl groups excluding tert-OH is 1. The largest absolute Gasteiger partial charge is 0.395 e. The smallest absolute Gasteiger partial charge is 0.0582 e. The van der Waals surface area contributed by atoms with Crippen molar-refractivity contribution in [3.63, 3.8) is 0 Å². The Kier molecular flexibility index (Phi) is 3.11. The number of benzene rings is 1. The minimum atomic E-state index is 0.173. The first-order valence-electron chi connectivity index (χ1n) is 4.90. The molecular weight excluding hydrogens is 194 g/mol. The van der Waals surface area contributed by atoms with E-state index in [1.807, 2.05) is 18.7 Å². The normalized spacial score (nSPS) is 22.0. The molecule has 14 heavy (non-hydrogen) atoms. The molecule has 1 aromatic carbocycles. The summed E-state index contributed by atoms with van der Waals surface area (Å²) in [6, 6.07) is 9.04. The Hall–Kier alpha value is -0.510. The monoisotopic (exact) mass is 209 g/mol. The molecule has 2 rings (SSSR count). The number of hydrogen-bond donors (Lipinski definition) is 2. The second kappa shape index (κ2) is 4.34. The highest BCUT2D eigenvalue weighted by Crippen LogP contribution is 2.37. The first-order chi connectivity index (χ1) is 6.81. The van der Waals surface area contributed by atoms with E-state index in [2.05, 4.69) is 29.6 Å². The van der Waals surface area contributed by atoms with Crippen LogP contribution in [0.5, 0.6) is 0 Å². The lowest BCUT2D eigenvalue weighted by Crippen LogP contribution is -2.33. The van der Waals surface area contributed by atoms with Crippen molar-refractivity contribution in [2.24, 2.45) is 0 Å². The van der Waals surface area contributed by atoms with Gasteiger partial charge in [0.05, 0.1) is 6.61 Å². The minimum absolute atomic E-state index is 0.173. The van der Waals surface area contributed by atoms with Crippen molar-refractivity contribution in [3.8, 4) is 0 Å². The highest BCUT2D eigenvalue weighted by molar-refractivity contribution is 7.99. The van der Waals surface area contributed by atoms with Crippen LogP contribution in [0.3, 0.4) is 0 Å². The van der Waals surface area contributed by atoms with Crippen molar-refractivity contribution in [1.82, 2.24) is 5.32 Å². The molecular formula is C11H15NOS. The van der Waals surface area contributed by atoms with Gasteiger partial charge < -0.3 is 10.4 Å². The Labute approximate surface area is 88.7 Å².